The number of benzene rings is 1. The van der Waals surface area contributed by atoms with Gasteiger partial charge in [0.1, 0.15) is 18.5 Å². The topological polar surface area (TPSA) is 107 Å². The monoisotopic (exact) mass is 376 g/mol. The fourth-order valence-electron chi connectivity index (χ4n) is 3.15. The fourth-order valence-corrected chi connectivity index (χ4v) is 4.13. The quantitative estimate of drug-likeness (QED) is 0.576. The Balaban J connectivity index is 1.94. The lowest BCUT2D eigenvalue weighted by Crippen LogP contribution is -2.52. The maximum atomic E-state index is 11.6. The lowest BCUT2D eigenvalue weighted by Gasteiger charge is -2.37. The second-order valence-corrected chi connectivity index (χ2v) is 7.42. The van der Waals surface area contributed by atoms with Crippen molar-refractivity contribution >= 4 is 27.4 Å². The number of carbonyl (C=O) groups is 1. The molecule has 138 valence electrons. The van der Waals surface area contributed by atoms with Crippen molar-refractivity contribution in [2.24, 2.45) is 0 Å². The molecule has 3 rings (SSSR count). The van der Waals surface area contributed by atoms with Crippen molar-refractivity contribution in [1.82, 2.24) is 0 Å². The summed E-state index contributed by atoms with van der Waals surface area (Å²) < 4.78 is 6.78. The van der Waals surface area contributed by atoms with Gasteiger partial charge < -0.3 is 25.2 Å². The average Bonchev–Trinajstić information content (AvgIpc) is 3.02. The van der Waals surface area contributed by atoms with Crippen molar-refractivity contribution in [2.75, 3.05) is 0 Å². The first-order chi connectivity index (χ1) is 12.4. The summed E-state index contributed by atoms with van der Waals surface area (Å²) in [7, 11) is 0. The number of ether oxygens (including phenoxy) is 1. The predicted molar refractivity (Wildman–Crippen MR) is 97.7 cm³/mol. The summed E-state index contributed by atoms with van der Waals surface area (Å²) in [6.45, 7) is 3.66. The van der Waals surface area contributed by atoms with Gasteiger partial charge in [-0.15, -0.1) is 17.9 Å². The van der Waals surface area contributed by atoms with Crippen molar-refractivity contribution in [1.29, 1.82) is 0 Å². The minimum Gasteiger partial charge on any atom is -0.489 e. The molecule has 0 aliphatic heterocycles. The fraction of sp³-hybridized carbons (Fsp3) is 0.316. The highest BCUT2D eigenvalue weighted by Crippen LogP contribution is 2.38. The number of thiophene rings is 1. The summed E-state index contributed by atoms with van der Waals surface area (Å²) in [6.07, 6.45) is -1.91. The van der Waals surface area contributed by atoms with Gasteiger partial charge in [-0.3, -0.25) is 0 Å². The van der Waals surface area contributed by atoms with Gasteiger partial charge in [-0.25, -0.2) is 4.79 Å². The van der Waals surface area contributed by atoms with E-state index in [-0.39, 0.29) is 24.4 Å². The Kier molecular flexibility index (Phi) is 5.15. The van der Waals surface area contributed by atoms with Crippen LogP contribution in [-0.2, 0) is 16.1 Å². The third-order valence-corrected chi connectivity index (χ3v) is 5.57. The van der Waals surface area contributed by atoms with E-state index in [2.05, 4.69) is 6.58 Å². The molecule has 3 atom stereocenters. The Bertz CT molecular complexity index is 837. The van der Waals surface area contributed by atoms with Gasteiger partial charge >= 0.3 is 5.97 Å². The highest BCUT2D eigenvalue weighted by atomic mass is 32.1. The molecule has 7 heteroatoms. The first-order valence-electron chi connectivity index (χ1n) is 8.13. The molecule has 1 aliphatic carbocycles. The van der Waals surface area contributed by atoms with Crippen LogP contribution in [0.25, 0.3) is 10.1 Å². The molecule has 0 radical (unpaired) electrons. The number of allylic oxidation sites excluding steroid dienone is 1. The number of fused-ring (bicyclic) bond motifs is 1. The van der Waals surface area contributed by atoms with Gasteiger partial charge in [0.25, 0.3) is 0 Å². The Morgan fingerprint density at radius 3 is 2.77 bits per heavy atom. The normalized spacial score (nSPS) is 26.1. The Hall–Kier alpha value is -2.19. The lowest BCUT2D eigenvalue weighted by molar-refractivity contribution is -0.162. The smallest absolute Gasteiger partial charge is 0.340 e. The zero-order valence-corrected chi connectivity index (χ0v) is 14.8. The molecule has 1 aliphatic rings. The van der Waals surface area contributed by atoms with Crippen LogP contribution in [0, 0.1) is 0 Å². The van der Waals surface area contributed by atoms with E-state index in [0.717, 1.165) is 15.0 Å². The van der Waals surface area contributed by atoms with Crippen LogP contribution in [0.4, 0.5) is 0 Å². The minimum atomic E-state index is -2.30. The van der Waals surface area contributed by atoms with E-state index in [9.17, 15) is 25.2 Å². The third-order valence-electron chi connectivity index (χ3n) is 4.48. The molecular weight excluding hydrogens is 356 g/mol. The molecule has 1 aromatic carbocycles. The third kappa shape index (κ3) is 3.26. The second kappa shape index (κ2) is 7.20. The Morgan fingerprint density at radius 1 is 1.38 bits per heavy atom. The molecule has 4 N–H and O–H groups in total. The molecular formula is C19H20O6S. The molecule has 0 spiro atoms. The van der Waals surface area contributed by atoms with Crippen LogP contribution < -0.4 is 0 Å². The molecule has 6 nitrogen and oxygen atoms in total. The predicted octanol–water partition coefficient (Wildman–Crippen LogP) is 2.19. The van der Waals surface area contributed by atoms with Gasteiger partial charge in [0.05, 0.1) is 6.10 Å². The van der Waals surface area contributed by atoms with Crippen molar-refractivity contribution < 1.29 is 30.0 Å². The van der Waals surface area contributed by atoms with E-state index in [4.69, 9.17) is 4.74 Å². The van der Waals surface area contributed by atoms with Gasteiger partial charge in [-0.05, 0) is 23.9 Å². The molecule has 1 heterocycles. The molecule has 26 heavy (non-hydrogen) atoms. The van der Waals surface area contributed by atoms with Crippen molar-refractivity contribution in [3.8, 4) is 0 Å². The SMILES string of the molecule is C=CCC1=C(OCc2cc3ccccc3s2)[C@@H](O)[C@H](O)C[C@]1(O)C(=O)O. The molecule has 0 unspecified atom stereocenters. The maximum absolute atomic E-state index is 11.6. The van der Waals surface area contributed by atoms with Crippen molar-refractivity contribution in [3.63, 3.8) is 0 Å². The van der Waals surface area contributed by atoms with Gasteiger partial charge in [-0.1, -0.05) is 24.3 Å². The van der Waals surface area contributed by atoms with Crippen LogP contribution in [0.15, 0.2) is 54.3 Å². The van der Waals surface area contributed by atoms with Crippen LogP contribution in [0.1, 0.15) is 17.7 Å². The van der Waals surface area contributed by atoms with Gasteiger partial charge in [-0.2, -0.15) is 0 Å². The highest BCUT2D eigenvalue weighted by molar-refractivity contribution is 7.19. The molecule has 0 bridgehead atoms. The molecule has 1 aromatic heterocycles. The van der Waals surface area contributed by atoms with Crippen LogP contribution in [0.3, 0.4) is 0 Å². The number of aliphatic hydroxyl groups excluding tert-OH is 2. The van der Waals surface area contributed by atoms with Crippen molar-refractivity contribution in [3.05, 3.63) is 59.2 Å². The van der Waals surface area contributed by atoms with Gasteiger partial charge in [0, 0.05) is 21.6 Å². The molecule has 2 aromatic rings. The number of hydrogen-bond donors (Lipinski definition) is 4. The number of aliphatic carboxylic acids is 1. The van der Waals surface area contributed by atoms with Crippen molar-refractivity contribution in [2.45, 2.75) is 37.3 Å². The van der Waals surface area contributed by atoms with E-state index in [0.29, 0.717) is 0 Å². The molecule has 0 saturated heterocycles. The summed E-state index contributed by atoms with van der Waals surface area (Å²) in [5.41, 5.74) is -2.29. The molecule has 0 amide bonds. The number of rotatable bonds is 6. The van der Waals surface area contributed by atoms with Crippen LogP contribution in [-0.4, -0.2) is 44.2 Å². The first-order valence-corrected chi connectivity index (χ1v) is 8.95. The standard InChI is InChI=1S/C19H20O6S/c1-2-5-13-17(16(21)14(20)9-19(13,24)18(22)23)25-10-12-8-11-6-3-4-7-15(11)26-12/h2-4,6-8,14,16,20-21,24H,1,5,9-10H2,(H,22,23)/t14-,16+,19-/m1/s1. The van der Waals surface area contributed by atoms with Crippen LogP contribution >= 0.6 is 11.3 Å². The zero-order chi connectivity index (χ0) is 18.9. The highest BCUT2D eigenvalue weighted by Gasteiger charge is 2.50. The van der Waals surface area contributed by atoms with Crippen LogP contribution in [0.5, 0.6) is 0 Å². The summed E-state index contributed by atoms with van der Waals surface area (Å²) in [6, 6.07) is 9.76. The van der Waals surface area contributed by atoms with E-state index in [1.54, 1.807) is 0 Å². The Morgan fingerprint density at radius 2 is 2.12 bits per heavy atom. The average molecular weight is 376 g/mol. The summed E-state index contributed by atoms with van der Waals surface area (Å²) >= 11 is 1.52. The number of carboxylic acid groups (broad SMARTS) is 1. The summed E-state index contributed by atoms with van der Waals surface area (Å²) in [4.78, 5) is 12.5. The Labute approximate surface area is 154 Å². The number of aliphatic hydroxyl groups is 3. The van der Waals surface area contributed by atoms with E-state index in [1.165, 1.54) is 17.4 Å². The number of carboxylic acids is 1. The summed E-state index contributed by atoms with van der Waals surface area (Å²) in [5.74, 6) is -1.60. The molecule has 0 saturated carbocycles. The van der Waals surface area contributed by atoms with E-state index < -0.39 is 30.2 Å². The van der Waals surface area contributed by atoms with Gasteiger partial charge in [0.2, 0.25) is 0 Å². The van der Waals surface area contributed by atoms with Crippen LogP contribution in [0.2, 0.25) is 0 Å². The maximum Gasteiger partial charge on any atom is 0.340 e. The first kappa shape index (κ1) is 18.6. The largest absolute Gasteiger partial charge is 0.489 e. The lowest BCUT2D eigenvalue weighted by atomic mass is 9.78. The number of hydrogen-bond acceptors (Lipinski definition) is 6. The van der Waals surface area contributed by atoms with E-state index in [1.807, 2.05) is 30.3 Å². The second-order valence-electron chi connectivity index (χ2n) is 6.26. The zero-order valence-electron chi connectivity index (χ0n) is 14.0. The van der Waals surface area contributed by atoms with Gasteiger partial charge in [0.15, 0.2) is 5.60 Å². The molecule has 0 fully saturated rings. The summed E-state index contributed by atoms with van der Waals surface area (Å²) in [5, 5.41) is 41.4. The minimum absolute atomic E-state index is 0.0129. The van der Waals surface area contributed by atoms with E-state index >= 15 is 0 Å².